The standard InChI is InChI=1S/C21H23N2O/c1-3-24-19-13-11-17(12-14-19)21-16(2)23(18-8-5-4-6-9-18)20-10-7-15-22(20)21/h4-6,8-9,11-14H,3,7,10,15H2,1-2H3/q+1. The molecule has 0 unspecified atom stereocenters. The van der Waals surface area contributed by atoms with E-state index in [1.165, 1.54) is 34.9 Å². The molecule has 0 N–H and O–H groups in total. The van der Waals surface area contributed by atoms with E-state index in [1.54, 1.807) is 0 Å². The molecule has 0 radical (unpaired) electrons. The first-order valence-electron chi connectivity index (χ1n) is 8.72. The predicted octanol–water partition coefficient (Wildman–Crippen LogP) is 4.09. The summed E-state index contributed by atoms with van der Waals surface area (Å²) in [6.07, 6.45) is 2.35. The zero-order chi connectivity index (χ0) is 16.5. The van der Waals surface area contributed by atoms with Crippen LogP contribution in [0.3, 0.4) is 0 Å². The van der Waals surface area contributed by atoms with Crippen LogP contribution in [-0.4, -0.2) is 11.2 Å². The lowest BCUT2D eigenvalue weighted by Crippen LogP contribution is -2.33. The van der Waals surface area contributed by atoms with Crippen molar-refractivity contribution in [3.8, 4) is 22.7 Å². The molecule has 0 saturated carbocycles. The molecule has 3 aromatic rings. The fourth-order valence-electron chi connectivity index (χ4n) is 3.79. The zero-order valence-corrected chi connectivity index (χ0v) is 14.3. The first kappa shape index (κ1) is 15.0. The second kappa shape index (κ2) is 6.16. The van der Waals surface area contributed by atoms with Gasteiger partial charge in [-0.15, -0.1) is 0 Å². The van der Waals surface area contributed by atoms with Gasteiger partial charge in [-0.05, 0) is 49.7 Å². The fraction of sp³-hybridized carbons (Fsp3) is 0.286. The van der Waals surface area contributed by atoms with E-state index in [0.29, 0.717) is 6.61 Å². The number of imidazole rings is 1. The lowest BCUT2D eigenvalue weighted by Gasteiger charge is -2.05. The highest BCUT2D eigenvalue weighted by Gasteiger charge is 2.33. The summed E-state index contributed by atoms with van der Waals surface area (Å²) < 4.78 is 10.5. The van der Waals surface area contributed by atoms with Gasteiger partial charge in [0, 0.05) is 12.5 Å². The summed E-state index contributed by atoms with van der Waals surface area (Å²) in [5.41, 5.74) is 5.14. The van der Waals surface area contributed by atoms with Crippen molar-refractivity contribution >= 4 is 0 Å². The van der Waals surface area contributed by atoms with Gasteiger partial charge in [-0.25, -0.2) is 4.57 Å². The van der Waals surface area contributed by atoms with Crippen LogP contribution in [0.1, 0.15) is 24.9 Å². The van der Waals surface area contributed by atoms with Gasteiger partial charge < -0.3 is 4.74 Å². The molecule has 2 aromatic carbocycles. The molecule has 3 heteroatoms. The molecule has 1 aromatic heterocycles. The van der Waals surface area contributed by atoms with Crippen LogP contribution in [0.25, 0.3) is 16.9 Å². The van der Waals surface area contributed by atoms with E-state index in [4.69, 9.17) is 4.74 Å². The minimum atomic E-state index is 0.701. The number of benzene rings is 2. The Bertz CT molecular complexity index is 848. The van der Waals surface area contributed by atoms with Crippen LogP contribution in [0.5, 0.6) is 5.75 Å². The molecule has 0 spiro atoms. The number of para-hydroxylation sites is 1. The number of hydrogen-bond acceptors (Lipinski definition) is 1. The summed E-state index contributed by atoms with van der Waals surface area (Å²) in [6, 6.07) is 19.2. The Balaban J connectivity index is 1.85. The van der Waals surface area contributed by atoms with Crippen LogP contribution in [0, 0.1) is 6.92 Å². The molecule has 0 atom stereocenters. The Hall–Kier alpha value is -2.55. The van der Waals surface area contributed by atoms with Gasteiger partial charge >= 0.3 is 0 Å². The van der Waals surface area contributed by atoms with Gasteiger partial charge in [0.1, 0.15) is 11.4 Å². The zero-order valence-electron chi connectivity index (χ0n) is 14.3. The van der Waals surface area contributed by atoms with E-state index in [9.17, 15) is 0 Å². The summed E-state index contributed by atoms with van der Waals surface area (Å²) in [7, 11) is 0. The molecule has 1 aliphatic rings. The van der Waals surface area contributed by atoms with Crippen LogP contribution in [-0.2, 0) is 13.0 Å². The van der Waals surface area contributed by atoms with E-state index in [2.05, 4.69) is 70.7 Å². The Morgan fingerprint density at radius 3 is 2.50 bits per heavy atom. The van der Waals surface area contributed by atoms with Gasteiger partial charge in [0.25, 0.3) is 5.82 Å². The van der Waals surface area contributed by atoms with Gasteiger partial charge in [-0.1, -0.05) is 18.2 Å². The Morgan fingerprint density at radius 2 is 1.79 bits per heavy atom. The molecule has 0 bridgehead atoms. The van der Waals surface area contributed by atoms with Crippen LogP contribution >= 0.6 is 0 Å². The number of ether oxygens (including phenoxy) is 1. The molecule has 1 aliphatic heterocycles. The Kier molecular flexibility index (Phi) is 3.85. The van der Waals surface area contributed by atoms with Crippen LogP contribution in [0.2, 0.25) is 0 Å². The van der Waals surface area contributed by atoms with Crippen molar-refractivity contribution in [1.82, 2.24) is 4.57 Å². The topological polar surface area (TPSA) is 18.0 Å². The smallest absolute Gasteiger partial charge is 0.262 e. The molecule has 0 fully saturated rings. The summed E-state index contributed by atoms with van der Waals surface area (Å²) in [6.45, 7) is 6.04. The molecule has 0 amide bonds. The predicted molar refractivity (Wildman–Crippen MR) is 95.6 cm³/mol. The SMILES string of the molecule is CCOc1ccc(-c2c(C)n(-c3ccccc3)c3[n+]2CCC3)cc1. The third-order valence-corrected chi connectivity index (χ3v) is 4.75. The number of rotatable bonds is 4. The molecular formula is C21H23N2O+. The molecule has 122 valence electrons. The van der Waals surface area contributed by atoms with E-state index < -0.39 is 0 Å². The van der Waals surface area contributed by atoms with Gasteiger partial charge in [0.2, 0.25) is 0 Å². The fourth-order valence-corrected chi connectivity index (χ4v) is 3.79. The summed E-state index contributed by atoms with van der Waals surface area (Å²) in [5.74, 6) is 2.34. The van der Waals surface area contributed by atoms with E-state index in [-0.39, 0.29) is 0 Å². The minimum Gasteiger partial charge on any atom is -0.494 e. The van der Waals surface area contributed by atoms with Crippen LogP contribution in [0.4, 0.5) is 0 Å². The average molecular weight is 319 g/mol. The van der Waals surface area contributed by atoms with Crippen molar-refractivity contribution in [2.75, 3.05) is 6.61 Å². The van der Waals surface area contributed by atoms with Gasteiger partial charge in [0.15, 0.2) is 11.4 Å². The number of nitrogens with zero attached hydrogens (tertiary/aromatic N) is 2. The summed E-state index contributed by atoms with van der Waals surface area (Å²) >= 11 is 0. The van der Waals surface area contributed by atoms with Crippen molar-refractivity contribution in [2.24, 2.45) is 0 Å². The van der Waals surface area contributed by atoms with Crippen molar-refractivity contribution in [1.29, 1.82) is 0 Å². The highest BCUT2D eigenvalue weighted by molar-refractivity contribution is 5.61. The molecule has 24 heavy (non-hydrogen) atoms. The first-order chi connectivity index (χ1) is 11.8. The van der Waals surface area contributed by atoms with Crippen molar-refractivity contribution in [2.45, 2.75) is 33.2 Å². The molecule has 4 rings (SSSR count). The number of hydrogen-bond donors (Lipinski definition) is 0. The maximum atomic E-state index is 5.58. The maximum absolute atomic E-state index is 5.58. The van der Waals surface area contributed by atoms with E-state index in [0.717, 1.165) is 18.7 Å². The molecular weight excluding hydrogens is 296 g/mol. The molecule has 2 heterocycles. The number of fused-ring (bicyclic) bond motifs is 1. The van der Waals surface area contributed by atoms with Gasteiger partial charge in [0.05, 0.1) is 19.6 Å². The maximum Gasteiger partial charge on any atom is 0.262 e. The summed E-state index contributed by atoms with van der Waals surface area (Å²) in [4.78, 5) is 0. The normalized spacial score (nSPS) is 13.1. The van der Waals surface area contributed by atoms with Crippen molar-refractivity contribution in [3.05, 3.63) is 66.1 Å². The van der Waals surface area contributed by atoms with Crippen LogP contribution in [0.15, 0.2) is 54.6 Å². The lowest BCUT2D eigenvalue weighted by atomic mass is 10.1. The lowest BCUT2D eigenvalue weighted by molar-refractivity contribution is -0.679. The second-order valence-corrected chi connectivity index (χ2v) is 6.23. The molecule has 0 aliphatic carbocycles. The molecule has 0 saturated heterocycles. The van der Waals surface area contributed by atoms with Gasteiger partial charge in [-0.3, -0.25) is 0 Å². The monoisotopic (exact) mass is 319 g/mol. The third kappa shape index (κ3) is 2.41. The first-order valence-corrected chi connectivity index (χ1v) is 8.72. The average Bonchev–Trinajstić information content (AvgIpc) is 3.16. The largest absolute Gasteiger partial charge is 0.494 e. The Morgan fingerprint density at radius 1 is 1.04 bits per heavy atom. The van der Waals surface area contributed by atoms with Crippen molar-refractivity contribution in [3.63, 3.8) is 0 Å². The highest BCUT2D eigenvalue weighted by atomic mass is 16.5. The van der Waals surface area contributed by atoms with E-state index in [1.807, 2.05) is 6.92 Å². The van der Waals surface area contributed by atoms with Gasteiger partial charge in [-0.2, -0.15) is 4.57 Å². The summed E-state index contributed by atoms with van der Waals surface area (Å²) in [5, 5.41) is 0. The third-order valence-electron chi connectivity index (χ3n) is 4.75. The van der Waals surface area contributed by atoms with E-state index >= 15 is 0 Å². The number of aromatic nitrogens is 2. The second-order valence-electron chi connectivity index (χ2n) is 6.23. The highest BCUT2D eigenvalue weighted by Crippen LogP contribution is 2.29. The molecule has 3 nitrogen and oxygen atoms in total. The quantitative estimate of drug-likeness (QED) is 0.663. The van der Waals surface area contributed by atoms with Crippen LogP contribution < -0.4 is 9.30 Å². The Labute approximate surface area is 143 Å². The minimum absolute atomic E-state index is 0.701. The van der Waals surface area contributed by atoms with Crippen molar-refractivity contribution < 1.29 is 9.30 Å².